The van der Waals surface area contributed by atoms with Gasteiger partial charge in [-0.1, -0.05) is 12.1 Å². The number of nitrogens with one attached hydrogen (secondary N) is 1. The van der Waals surface area contributed by atoms with Gasteiger partial charge in [-0.3, -0.25) is 14.9 Å². The number of hydrogen-bond donors (Lipinski definition) is 1. The van der Waals surface area contributed by atoms with E-state index in [1.54, 1.807) is 30.3 Å². The average Bonchev–Trinajstić information content (AvgIpc) is 3.09. The molecule has 1 N–H and O–H groups in total. The van der Waals surface area contributed by atoms with Crippen LogP contribution < -0.4 is 10.2 Å². The second-order valence-corrected chi connectivity index (χ2v) is 5.75. The van der Waals surface area contributed by atoms with Crippen LogP contribution in [0, 0.1) is 10.1 Å². The van der Waals surface area contributed by atoms with Gasteiger partial charge in [-0.05, 0) is 18.2 Å². The molecule has 134 valence electrons. The summed E-state index contributed by atoms with van der Waals surface area (Å²) in [5, 5.41) is 15.6. The number of hydrogen-bond acceptors (Lipinski definition) is 6. The number of ether oxygens (including phenoxy) is 1. The molecular formula is C18H13N5O4. The Hall–Kier alpha value is -4.01. The summed E-state index contributed by atoms with van der Waals surface area (Å²) in [7, 11) is 1.53. The first kappa shape index (κ1) is 16.5. The Morgan fingerprint density at radius 3 is 2.93 bits per heavy atom. The molecule has 0 bridgehead atoms. The van der Waals surface area contributed by atoms with Crippen LogP contribution in [0.5, 0.6) is 5.75 Å². The molecule has 27 heavy (non-hydrogen) atoms. The van der Waals surface area contributed by atoms with Crippen LogP contribution in [0.2, 0.25) is 0 Å². The Labute approximate surface area is 151 Å². The molecule has 0 radical (unpaired) electrons. The van der Waals surface area contributed by atoms with Crippen molar-refractivity contribution in [1.29, 1.82) is 0 Å². The molecular weight excluding hydrogens is 350 g/mol. The van der Waals surface area contributed by atoms with Gasteiger partial charge in [0.15, 0.2) is 11.2 Å². The van der Waals surface area contributed by atoms with E-state index in [2.05, 4.69) is 15.1 Å². The highest BCUT2D eigenvalue weighted by Crippen LogP contribution is 2.19. The zero-order chi connectivity index (χ0) is 19.0. The summed E-state index contributed by atoms with van der Waals surface area (Å²) < 4.78 is 6.57. The van der Waals surface area contributed by atoms with E-state index in [1.165, 1.54) is 36.5 Å². The van der Waals surface area contributed by atoms with Crippen molar-refractivity contribution in [3.8, 4) is 5.75 Å². The fraction of sp³-hybridized carbons (Fsp3) is 0.0556. The molecule has 4 rings (SSSR count). The number of rotatable bonds is 4. The Bertz CT molecular complexity index is 1270. The number of aromatic nitrogens is 3. The van der Waals surface area contributed by atoms with E-state index in [0.717, 1.165) is 0 Å². The van der Waals surface area contributed by atoms with Crippen molar-refractivity contribution in [3.05, 3.63) is 74.7 Å². The molecule has 0 saturated carbocycles. The molecule has 2 aromatic carbocycles. The third-order valence-electron chi connectivity index (χ3n) is 4.10. The van der Waals surface area contributed by atoms with Crippen molar-refractivity contribution in [2.75, 3.05) is 7.11 Å². The minimum Gasteiger partial charge on any atom is -0.497 e. The monoisotopic (exact) mass is 363 g/mol. The third-order valence-corrected chi connectivity index (χ3v) is 4.10. The fourth-order valence-corrected chi connectivity index (χ4v) is 2.76. The van der Waals surface area contributed by atoms with E-state index in [4.69, 9.17) is 4.74 Å². The summed E-state index contributed by atoms with van der Waals surface area (Å²) in [6.45, 7) is 0. The van der Waals surface area contributed by atoms with Crippen LogP contribution >= 0.6 is 0 Å². The lowest BCUT2D eigenvalue weighted by Gasteiger charge is -2.03. The Kier molecular flexibility index (Phi) is 3.88. The number of H-pyrrole nitrogens is 1. The maximum atomic E-state index is 12.7. The maximum Gasteiger partial charge on any atom is 0.270 e. The number of fused-ring (bicyclic) bond motifs is 2. The highest BCUT2D eigenvalue weighted by atomic mass is 16.6. The SMILES string of the molecule is COc1ccc2[nH]c3c(ncn3N=Cc3cccc([N+](=O)[O-])c3)c(=O)c2c1. The summed E-state index contributed by atoms with van der Waals surface area (Å²) in [5.74, 6) is 0.579. The largest absolute Gasteiger partial charge is 0.497 e. The summed E-state index contributed by atoms with van der Waals surface area (Å²) >= 11 is 0. The highest BCUT2D eigenvalue weighted by molar-refractivity contribution is 5.90. The fourth-order valence-electron chi connectivity index (χ4n) is 2.76. The highest BCUT2D eigenvalue weighted by Gasteiger charge is 2.11. The predicted molar refractivity (Wildman–Crippen MR) is 101 cm³/mol. The van der Waals surface area contributed by atoms with Gasteiger partial charge in [-0.2, -0.15) is 5.10 Å². The van der Waals surface area contributed by atoms with Crippen LogP contribution in [-0.2, 0) is 0 Å². The second kappa shape index (κ2) is 6.37. The van der Waals surface area contributed by atoms with Crippen molar-refractivity contribution in [1.82, 2.24) is 14.6 Å². The lowest BCUT2D eigenvalue weighted by Crippen LogP contribution is -2.05. The lowest BCUT2D eigenvalue weighted by atomic mass is 10.2. The molecule has 0 unspecified atom stereocenters. The first-order valence-electron chi connectivity index (χ1n) is 7.93. The summed E-state index contributed by atoms with van der Waals surface area (Å²) in [6, 6.07) is 11.2. The molecule has 0 spiro atoms. The number of aromatic amines is 1. The van der Waals surface area contributed by atoms with E-state index in [9.17, 15) is 14.9 Å². The van der Waals surface area contributed by atoms with Crippen molar-refractivity contribution in [3.63, 3.8) is 0 Å². The van der Waals surface area contributed by atoms with Gasteiger partial charge in [0, 0.05) is 17.7 Å². The molecule has 4 aromatic rings. The molecule has 0 atom stereocenters. The molecule has 0 aliphatic rings. The van der Waals surface area contributed by atoms with Crippen molar-refractivity contribution < 1.29 is 9.66 Å². The Morgan fingerprint density at radius 2 is 2.15 bits per heavy atom. The van der Waals surface area contributed by atoms with E-state index in [0.29, 0.717) is 27.9 Å². The van der Waals surface area contributed by atoms with Crippen LogP contribution in [0.25, 0.3) is 22.1 Å². The Morgan fingerprint density at radius 1 is 1.30 bits per heavy atom. The molecule has 2 aromatic heterocycles. The molecule has 0 fully saturated rings. The van der Waals surface area contributed by atoms with Crippen molar-refractivity contribution in [2.45, 2.75) is 0 Å². The number of benzene rings is 2. The van der Waals surface area contributed by atoms with Gasteiger partial charge in [0.2, 0.25) is 5.43 Å². The molecule has 2 heterocycles. The van der Waals surface area contributed by atoms with Gasteiger partial charge in [0.1, 0.15) is 12.1 Å². The van der Waals surface area contributed by atoms with Gasteiger partial charge in [-0.15, -0.1) is 0 Å². The summed E-state index contributed by atoms with van der Waals surface area (Å²) in [5.41, 5.74) is 1.59. The van der Waals surface area contributed by atoms with Crippen molar-refractivity contribution >= 4 is 34.0 Å². The van der Waals surface area contributed by atoms with Gasteiger partial charge in [-0.25, -0.2) is 9.66 Å². The van der Waals surface area contributed by atoms with Gasteiger partial charge in [0.05, 0.1) is 29.2 Å². The summed E-state index contributed by atoms with van der Waals surface area (Å²) in [6.07, 6.45) is 2.87. The second-order valence-electron chi connectivity index (χ2n) is 5.75. The van der Waals surface area contributed by atoms with E-state index in [1.807, 2.05) is 0 Å². The average molecular weight is 363 g/mol. The number of non-ortho nitro benzene ring substituents is 1. The number of pyridine rings is 1. The van der Waals surface area contributed by atoms with E-state index < -0.39 is 4.92 Å². The molecule has 0 aliphatic carbocycles. The number of imidazole rings is 1. The minimum absolute atomic E-state index is 0.0252. The third kappa shape index (κ3) is 2.91. The van der Waals surface area contributed by atoms with Crippen LogP contribution in [0.3, 0.4) is 0 Å². The topological polar surface area (TPSA) is 115 Å². The normalized spacial score (nSPS) is 11.4. The van der Waals surface area contributed by atoms with E-state index >= 15 is 0 Å². The number of nitro benzene ring substituents is 1. The van der Waals surface area contributed by atoms with Crippen LogP contribution in [0.15, 0.2) is 58.7 Å². The zero-order valence-electron chi connectivity index (χ0n) is 14.1. The van der Waals surface area contributed by atoms with Crippen LogP contribution in [-0.4, -0.2) is 32.9 Å². The molecule has 9 heteroatoms. The number of nitro groups is 1. The lowest BCUT2D eigenvalue weighted by molar-refractivity contribution is -0.384. The minimum atomic E-state index is -0.470. The molecule has 0 saturated heterocycles. The number of methoxy groups -OCH3 is 1. The first-order chi connectivity index (χ1) is 13.1. The summed E-state index contributed by atoms with van der Waals surface area (Å²) in [4.78, 5) is 30.4. The quantitative estimate of drug-likeness (QED) is 0.340. The van der Waals surface area contributed by atoms with E-state index in [-0.39, 0.29) is 16.6 Å². The first-order valence-corrected chi connectivity index (χ1v) is 7.93. The van der Waals surface area contributed by atoms with Crippen LogP contribution in [0.4, 0.5) is 5.69 Å². The standard InChI is InChI=1S/C18H13N5O4/c1-27-13-5-6-15-14(8-13)17(24)16-18(21-15)22(10-19-16)20-9-11-3-2-4-12(7-11)23(25)26/h2-10H,1H3,(H,21,24). The number of nitrogens with zero attached hydrogens (tertiary/aromatic N) is 4. The van der Waals surface area contributed by atoms with Gasteiger partial charge >= 0.3 is 0 Å². The maximum absolute atomic E-state index is 12.7. The molecule has 0 aliphatic heterocycles. The van der Waals surface area contributed by atoms with Gasteiger partial charge < -0.3 is 9.72 Å². The predicted octanol–water partition coefficient (Wildman–Crippen LogP) is 2.68. The molecule has 9 nitrogen and oxygen atoms in total. The van der Waals surface area contributed by atoms with Crippen molar-refractivity contribution in [2.24, 2.45) is 5.10 Å². The van der Waals surface area contributed by atoms with Gasteiger partial charge in [0.25, 0.3) is 5.69 Å². The van der Waals surface area contributed by atoms with Crippen LogP contribution in [0.1, 0.15) is 5.56 Å². The molecule has 0 amide bonds. The smallest absolute Gasteiger partial charge is 0.270 e. The zero-order valence-corrected chi connectivity index (χ0v) is 14.1. The Balaban J connectivity index is 1.80.